The molecular formula is C17H19ClN2O. The van der Waals surface area contributed by atoms with Crippen molar-refractivity contribution in [3.8, 4) is 0 Å². The Hall–Kier alpha value is -1.61. The number of rotatable bonds is 2. The second-order valence-electron chi connectivity index (χ2n) is 5.68. The minimum atomic E-state index is 0.106. The first-order chi connectivity index (χ1) is 10.2. The summed E-state index contributed by atoms with van der Waals surface area (Å²) in [6.45, 7) is 3.62. The maximum Gasteiger partial charge on any atom is 0.254 e. The van der Waals surface area contributed by atoms with E-state index in [0.717, 1.165) is 42.4 Å². The third kappa shape index (κ3) is 2.88. The first-order valence-corrected chi connectivity index (χ1v) is 7.87. The van der Waals surface area contributed by atoms with Gasteiger partial charge in [-0.2, -0.15) is 0 Å². The highest BCUT2D eigenvalue weighted by Gasteiger charge is 2.26. The van der Waals surface area contributed by atoms with E-state index < -0.39 is 0 Å². The minimum Gasteiger partial charge on any atom is -0.339 e. The van der Waals surface area contributed by atoms with Crippen molar-refractivity contribution >= 4 is 28.4 Å². The normalized spacial score (nSPS) is 17.9. The Balaban J connectivity index is 1.82. The summed E-state index contributed by atoms with van der Waals surface area (Å²) in [6.07, 6.45) is 3.72. The molecule has 1 unspecified atom stereocenters. The molecule has 1 amide bonds. The lowest BCUT2D eigenvalue weighted by Crippen LogP contribution is -2.40. The fourth-order valence-electron chi connectivity index (χ4n) is 3.02. The van der Waals surface area contributed by atoms with Gasteiger partial charge in [-0.15, -0.1) is 11.6 Å². The predicted molar refractivity (Wildman–Crippen MR) is 85.7 cm³/mol. The van der Waals surface area contributed by atoms with Crippen LogP contribution in [0.3, 0.4) is 0 Å². The molecule has 1 aliphatic rings. The van der Waals surface area contributed by atoms with E-state index in [1.807, 2.05) is 42.2 Å². The van der Waals surface area contributed by atoms with Gasteiger partial charge in [-0.3, -0.25) is 9.78 Å². The number of pyridine rings is 1. The summed E-state index contributed by atoms with van der Waals surface area (Å²) in [5.41, 5.74) is 1.62. The minimum absolute atomic E-state index is 0.106. The first kappa shape index (κ1) is 14.3. The zero-order valence-corrected chi connectivity index (χ0v) is 12.9. The molecule has 1 saturated heterocycles. The largest absolute Gasteiger partial charge is 0.339 e. The number of piperidine rings is 1. The van der Waals surface area contributed by atoms with E-state index in [1.54, 1.807) is 6.20 Å². The molecule has 0 spiro atoms. The van der Waals surface area contributed by atoms with Crippen LogP contribution in [0.25, 0.3) is 10.9 Å². The number of aromatic nitrogens is 1. The van der Waals surface area contributed by atoms with Gasteiger partial charge in [0.05, 0.1) is 5.52 Å². The summed E-state index contributed by atoms with van der Waals surface area (Å²) in [6, 6.07) is 9.57. The predicted octanol–water partition coefficient (Wildman–Crippen LogP) is 3.71. The maximum atomic E-state index is 12.8. The highest BCUT2D eigenvalue weighted by atomic mass is 35.5. The van der Waals surface area contributed by atoms with Crippen LogP contribution in [-0.4, -0.2) is 34.3 Å². The second-order valence-corrected chi connectivity index (χ2v) is 6.37. The lowest BCUT2D eigenvalue weighted by atomic mass is 9.93. The lowest BCUT2D eigenvalue weighted by Gasteiger charge is -2.33. The Morgan fingerprint density at radius 2 is 2.05 bits per heavy atom. The highest BCUT2D eigenvalue weighted by Crippen LogP contribution is 2.26. The van der Waals surface area contributed by atoms with Gasteiger partial charge >= 0.3 is 0 Å². The summed E-state index contributed by atoms with van der Waals surface area (Å²) >= 11 is 6.17. The van der Waals surface area contributed by atoms with Crippen LogP contribution in [0, 0.1) is 5.92 Å². The summed E-state index contributed by atoms with van der Waals surface area (Å²) in [4.78, 5) is 19.0. The Bertz CT molecular complexity index is 643. The van der Waals surface area contributed by atoms with Crippen LogP contribution < -0.4 is 0 Å². The zero-order valence-electron chi connectivity index (χ0n) is 12.1. The highest BCUT2D eigenvalue weighted by molar-refractivity contribution is 6.20. The number of amides is 1. The van der Waals surface area contributed by atoms with E-state index >= 15 is 0 Å². The molecule has 2 aromatic rings. The number of carbonyl (C=O) groups is 1. The number of hydrogen-bond acceptors (Lipinski definition) is 2. The maximum absolute atomic E-state index is 12.8. The van der Waals surface area contributed by atoms with Crippen molar-refractivity contribution in [3.63, 3.8) is 0 Å². The van der Waals surface area contributed by atoms with Gasteiger partial charge in [0.2, 0.25) is 0 Å². The Morgan fingerprint density at radius 3 is 2.76 bits per heavy atom. The van der Waals surface area contributed by atoms with Crippen molar-refractivity contribution in [3.05, 3.63) is 42.1 Å². The second kappa shape index (κ2) is 6.02. The van der Waals surface area contributed by atoms with Gasteiger partial charge in [-0.25, -0.2) is 0 Å². The monoisotopic (exact) mass is 302 g/mol. The molecule has 3 rings (SSSR count). The van der Waals surface area contributed by atoms with E-state index in [1.165, 1.54) is 0 Å². The summed E-state index contributed by atoms with van der Waals surface area (Å²) in [5.74, 6) is 0.624. The number of halogens is 1. The molecule has 0 bridgehead atoms. The van der Waals surface area contributed by atoms with Crippen LogP contribution >= 0.6 is 11.6 Å². The summed E-state index contributed by atoms with van der Waals surface area (Å²) in [5, 5.41) is 1.11. The molecule has 1 atom stereocenters. The number of fused-ring (bicyclic) bond motifs is 1. The SMILES string of the molecule is CC(Cl)C1CCN(C(=O)c2cccc3ncccc23)CC1. The van der Waals surface area contributed by atoms with E-state index in [2.05, 4.69) is 4.98 Å². The van der Waals surface area contributed by atoms with Gasteiger partial charge in [0.25, 0.3) is 5.91 Å². The smallest absolute Gasteiger partial charge is 0.254 e. The van der Waals surface area contributed by atoms with Crippen LogP contribution in [0.2, 0.25) is 0 Å². The van der Waals surface area contributed by atoms with Crippen molar-refractivity contribution in [1.82, 2.24) is 9.88 Å². The molecule has 1 aliphatic heterocycles. The standard InChI is InChI=1S/C17H19ClN2O/c1-12(18)13-7-10-20(11-8-13)17(21)15-4-2-6-16-14(15)5-3-9-19-16/h2-6,9,12-13H,7-8,10-11H2,1H3. The molecule has 4 heteroatoms. The number of nitrogens with zero attached hydrogens (tertiary/aromatic N) is 2. The molecule has 0 N–H and O–H groups in total. The summed E-state index contributed by atoms with van der Waals surface area (Å²) in [7, 11) is 0. The number of carbonyl (C=O) groups excluding carboxylic acids is 1. The van der Waals surface area contributed by atoms with Crippen LogP contribution in [0.1, 0.15) is 30.1 Å². The van der Waals surface area contributed by atoms with Crippen LogP contribution in [-0.2, 0) is 0 Å². The van der Waals surface area contributed by atoms with Gasteiger partial charge in [-0.05, 0) is 43.9 Å². The first-order valence-electron chi connectivity index (χ1n) is 7.44. The average molecular weight is 303 g/mol. The van der Waals surface area contributed by atoms with Crippen molar-refractivity contribution in [2.75, 3.05) is 13.1 Å². The Labute approximate surface area is 129 Å². The van der Waals surface area contributed by atoms with Gasteiger partial charge in [0.1, 0.15) is 0 Å². The number of alkyl halides is 1. The molecule has 110 valence electrons. The van der Waals surface area contributed by atoms with Gasteiger partial charge in [0, 0.05) is 35.6 Å². The molecule has 1 aromatic heterocycles. The molecular weight excluding hydrogens is 284 g/mol. The van der Waals surface area contributed by atoms with E-state index in [4.69, 9.17) is 11.6 Å². The molecule has 2 heterocycles. The van der Waals surface area contributed by atoms with E-state index in [9.17, 15) is 4.79 Å². The summed E-state index contributed by atoms with van der Waals surface area (Å²) < 4.78 is 0. The third-order valence-electron chi connectivity index (χ3n) is 4.35. The molecule has 0 saturated carbocycles. The van der Waals surface area contributed by atoms with Crippen LogP contribution in [0.4, 0.5) is 0 Å². The van der Waals surface area contributed by atoms with E-state index in [-0.39, 0.29) is 11.3 Å². The topological polar surface area (TPSA) is 33.2 Å². The number of likely N-dealkylation sites (tertiary alicyclic amines) is 1. The molecule has 0 radical (unpaired) electrons. The van der Waals surface area contributed by atoms with Crippen molar-refractivity contribution in [2.24, 2.45) is 5.92 Å². The molecule has 3 nitrogen and oxygen atoms in total. The quantitative estimate of drug-likeness (QED) is 0.792. The molecule has 21 heavy (non-hydrogen) atoms. The number of benzene rings is 1. The van der Waals surface area contributed by atoms with Crippen LogP contribution in [0.15, 0.2) is 36.5 Å². The zero-order chi connectivity index (χ0) is 14.8. The van der Waals surface area contributed by atoms with Crippen molar-refractivity contribution in [2.45, 2.75) is 25.1 Å². The fraction of sp³-hybridized carbons (Fsp3) is 0.412. The van der Waals surface area contributed by atoms with Gasteiger partial charge in [0.15, 0.2) is 0 Å². The van der Waals surface area contributed by atoms with Gasteiger partial charge < -0.3 is 4.90 Å². The molecule has 0 aliphatic carbocycles. The van der Waals surface area contributed by atoms with Crippen molar-refractivity contribution in [1.29, 1.82) is 0 Å². The Kier molecular flexibility index (Phi) is 4.11. The van der Waals surface area contributed by atoms with Crippen LogP contribution in [0.5, 0.6) is 0 Å². The van der Waals surface area contributed by atoms with Gasteiger partial charge in [-0.1, -0.05) is 12.1 Å². The fourth-order valence-corrected chi connectivity index (χ4v) is 3.27. The Morgan fingerprint density at radius 1 is 1.29 bits per heavy atom. The molecule has 1 fully saturated rings. The number of hydrogen-bond donors (Lipinski definition) is 0. The molecule has 1 aromatic carbocycles. The lowest BCUT2D eigenvalue weighted by molar-refractivity contribution is 0.0692. The van der Waals surface area contributed by atoms with Crippen molar-refractivity contribution < 1.29 is 4.79 Å². The average Bonchev–Trinajstić information content (AvgIpc) is 2.53. The third-order valence-corrected chi connectivity index (χ3v) is 4.71. The van der Waals surface area contributed by atoms with E-state index in [0.29, 0.717) is 5.92 Å².